The molecule has 27 heavy (non-hydrogen) atoms. The monoisotopic (exact) mass is 371 g/mol. The van der Waals surface area contributed by atoms with Gasteiger partial charge in [0.1, 0.15) is 5.82 Å². The highest BCUT2D eigenvalue weighted by Gasteiger charge is 2.25. The van der Waals surface area contributed by atoms with Crippen LogP contribution in [0, 0.1) is 5.82 Å². The van der Waals surface area contributed by atoms with E-state index in [1.165, 1.54) is 12.1 Å². The first-order valence-corrected chi connectivity index (χ1v) is 9.04. The van der Waals surface area contributed by atoms with Crippen molar-refractivity contribution in [1.29, 1.82) is 0 Å². The number of hydrogen-bond donors (Lipinski definition) is 2. The second kappa shape index (κ2) is 7.94. The molecule has 2 aliphatic rings. The molecule has 2 N–H and O–H groups in total. The predicted octanol–water partition coefficient (Wildman–Crippen LogP) is 1.82. The zero-order valence-electron chi connectivity index (χ0n) is 14.9. The largest absolute Gasteiger partial charge is 0.454 e. The highest BCUT2D eigenvalue weighted by atomic mass is 19.1. The second-order valence-electron chi connectivity index (χ2n) is 6.71. The summed E-state index contributed by atoms with van der Waals surface area (Å²) in [6.07, 6.45) is 0. The highest BCUT2D eigenvalue weighted by molar-refractivity contribution is 5.78. The Morgan fingerprint density at radius 2 is 2.11 bits per heavy atom. The molecule has 0 bridgehead atoms. The Morgan fingerprint density at radius 3 is 3.00 bits per heavy atom. The van der Waals surface area contributed by atoms with E-state index in [4.69, 9.17) is 9.47 Å². The number of ether oxygens (including phenoxy) is 2. The van der Waals surface area contributed by atoms with Crippen LogP contribution in [0.5, 0.6) is 11.5 Å². The molecule has 2 aromatic carbocycles. The molecule has 1 saturated heterocycles. The van der Waals surface area contributed by atoms with Gasteiger partial charge in [-0.15, -0.1) is 0 Å². The number of rotatable bonds is 5. The SMILES string of the molecule is O=C(CN1CCNCC1c1cccc(F)c1)NCc1ccc2c(c1)OCO2. The van der Waals surface area contributed by atoms with Gasteiger partial charge in [-0.3, -0.25) is 9.69 Å². The van der Waals surface area contributed by atoms with Gasteiger partial charge in [0.05, 0.1) is 6.54 Å². The van der Waals surface area contributed by atoms with E-state index in [9.17, 15) is 9.18 Å². The molecule has 0 saturated carbocycles. The molecule has 1 atom stereocenters. The Morgan fingerprint density at radius 1 is 1.22 bits per heavy atom. The Hall–Kier alpha value is -2.64. The van der Waals surface area contributed by atoms with Gasteiger partial charge in [-0.25, -0.2) is 4.39 Å². The van der Waals surface area contributed by atoms with Gasteiger partial charge in [-0.2, -0.15) is 0 Å². The maximum atomic E-state index is 13.6. The van der Waals surface area contributed by atoms with Gasteiger partial charge in [0.2, 0.25) is 12.7 Å². The standard InChI is InChI=1S/C20H22FN3O3/c21-16-3-1-2-15(9-16)17-11-22-6-7-24(17)12-20(25)23-10-14-4-5-18-19(8-14)27-13-26-18/h1-5,8-9,17,22H,6-7,10-13H2,(H,23,25). The lowest BCUT2D eigenvalue weighted by Gasteiger charge is -2.36. The van der Waals surface area contributed by atoms with Crippen molar-refractivity contribution in [3.05, 3.63) is 59.4 Å². The maximum Gasteiger partial charge on any atom is 0.234 e. The number of amides is 1. The topological polar surface area (TPSA) is 62.8 Å². The summed E-state index contributed by atoms with van der Waals surface area (Å²) in [5, 5.41) is 6.27. The summed E-state index contributed by atoms with van der Waals surface area (Å²) in [5.41, 5.74) is 1.83. The molecule has 6 nitrogen and oxygen atoms in total. The Bertz CT molecular complexity index is 830. The van der Waals surface area contributed by atoms with Gasteiger partial charge in [-0.1, -0.05) is 18.2 Å². The third kappa shape index (κ3) is 4.20. The van der Waals surface area contributed by atoms with Gasteiger partial charge >= 0.3 is 0 Å². The summed E-state index contributed by atoms with van der Waals surface area (Å²) in [5.74, 6) is 1.11. The van der Waals surface area contributed by atoms with Crippen LogP contribution < -0.4 is 20.1 Å². The van der Waals surface area contributed by atoms with Crippen molar-refractivity contribution in [3.63, 3.8) is 0 Å². The van der Waals surface area contributed by atoms with Crippen molar-refractivity contribution in [3.8, 4) is 11.5 Å². The predicted molar refractivity (Wildman–Crippen MR) is 98.0 cm³/mol. The fourth-order valence-electron chi connectivity index (χ4n) is 3.47. The molecular weight excluding hydrogens is 349 g/mol. The zero-order chi connectivity index (χ0) is 18.6. The van der Waals surface area contributed by atoms with Crippen molar-refractivity contribution < 1.29 is 18.7 Å². The number of carbonyl (C=O) groups excluding carboxylic acids is 1. The number of carbonyl (C=O) groups is 1. The lowest BCUT2D eigenvalue weighted by Crippen LogP contribution is -2.49. The normalized spacial score (nSPS) is 19.1. The van der Waals surface area contributed by atoms with Crippen LogP contribution in [0.4, 0.5) is 4.39 Å². The number of piperazine rings is 1. The molecule has 1 unspecified atom stereocenters. The number of nitrogens with one attached hydrogen (secondary N) is 2. The van der Waals surface area contributed by atoms with Crippen LogP contribution in [0.15, 0.2) is 42.5 Å². The van der Waals surface area contributed by atoms with E-state index in [0.717, 1.165) is 30.0 Å². The van der Waals surface area contributed by atoms with Gasteiger partial charge in [0.15, 0.2) is 11.5 Å². The fourth-order valence-corrected chi connectivity index (χ4v) is 3.47. The molecule has 4 rings (SSSR count). The average Bonchev–Trinajstić information content (AvgIpc) is 3.15. The first kappa shape index (κ1) is 17.8. The molecule has 1 fully saturated rings. The molecule has 142 valence electrons. The van der Waals surface area contributed by atoms with Crippen molar-refractivity contribution in [2.75, 3.05) is 33.0 Å². The molecule has 0 aromatic heterocycles. The van der Waals surface area contributed by atoms with E-state index in [1.54, 1.807) is 6.07 Å². The number of hydrogen-bond acceptors (Lipinski definition) is 5. The van der Waals surface area contributed by atoms with Crippen LogP contribution in [-0.2, 0) is 11.3 Å². The maximum absolute atomic E-state index is 13.6. The van der Waals surface area contributed by atoms with Crippen LogP contribution in [0.1, 0.15) is 17.2 Å². The Labute approximate surface area is 157 Å². The first-order chi connectivity index (χ1) is 13.2. The quantitative estimate of drug-likeness (QED) is 0.840. The molecular formula is C20H22FN3O3. The summed E-state index contributed by atoms with van der Waals surface area (Å²) in [6.45, 7) is 3.16. The molecule has 0 spiro atoms. The second-order valence-corrected chi connectivity index (χ2v) is 6.71. The first-order valence-electron chi connectivity index (χ1n) is 9.04. The Balaban J connectivity index is 1.36. The minimum atomic E-state index is -0.259. The van der Waals surface area contributed by atoms with Crippen molar-refractivity contribution >= 4 is 5.91 Å². The van der Waals surface area contributed by atoms with Crippen LogP contribution >= 0.6 is 0 Å². The lowest BCUT2D eigenvalue weighted by atomic mass is 10.0. The van der Waals surface area contributed by atoms with Crippen molar-refractivity contribution in [1.82, 2.24) is 15.5 Å². The third-order valence-electron chi connectivity index (χ3n) is 4.86. The van der Waals surface area contributed by atoms with Gasteiger partial charge in [-0.05, 0) is 35.4 Å². The minimum absolute atomic E-state index is 0.0225. The summed E-state index contributed by atoms with van der Waals surface area (Å²) in [7, 11) is 0. The molecule has 2 aliphatic heterocycles. The van der Waals surface area contributed by atoms with Crippen LogP contribution in [-0.4, -0.2) is 43.8 Å². The van der Waals surface area contributed by atoms with Gasteiger partial charge < -0.3 is 20.1 Å². The van der Waals surface area contributed by atoms with E-state index < -0.39 is 0 Å². The van der Waals surface area contributed by atoms with Crippen LogP contribution in [0.25, 0.3) is 0 Å². The average molecular weight is 371 g/mol. The summed E-state index contributed by atoms with van der Waals surface area (Å²) >= 11 is 0. The molecule has 1 amide bonds. The van der Waals surface area contributed by atoms with Crippen molar-refractivity contribution in [2.45, 2.75) is 12.6 Å². The van der Waals surface area contributed by atoms with E-state index in [2.05, 4.69) is 15.5 Å². The molecule has 0 aliphatic carbocycles. The molecule has 0 radical (unpaired) electrons. The van der Waals surface area contributed by atoms with Gasteiger partial charge in [0, 0.05) is 32.2 Å². The van der Waals surface area contributed by atoms with E-state index in [0.29, 0.717) is 18.8 Å². The third-order valence-corrected chi connectivity index (χ3v) is 4.86. The smallest absolute Gasteiger partial charge is 0.234 e. The van der Waals surface area contributed by atoms with Crippen molar-refractivity contribution in [2.24, 2.45) is 0 Å². The van der Waals surface area contributed by atoms with E-state index >= 15 is 0 Å². The number of benzene rings is 2. The summed E-state index contributed by atoms with van der Waals surface area (Å²) in [4.78, 5) is 14.5. The molecule has 2 aromatic rings. The highest BCUT2D eigenvalue weighted by Crippen LogP contribution is 2.32. The Kier molecular flexibility index (Phi) is 5.22. The summed E-state index contributed by atoms with van der Waals surface area (Å²) in [6, 6.07) is 12.2. The fraction of sp³-hybridized carbons (Fsp3) is 0.350. The minimum Gasteiger partial charge on any atom is -0.454 e. The summed E-state index contributed by atoms with van der Waals surface area (Å²) < 4.78 is 24.2. The van der Waals surface area contributed by atoms with E-state index in [-0.39, 0.29) is 31.1 Å². The molecule has 2 heterocycles. The molecule has 7 heteroatoms. The van der Waals surface area contributed by atoms with E-state index in [1.807, 2.05) is 24.3 Å². The van der Waals surface area contributed by atoms with Crippen LogP contribution in [0.3, 0.4) is 0 Å². The number of fused-ring (bicyclic) bond motifs is 1. The van der Waals surface area contributed by atoms with Crippen LogP contribution in [0.2, 0.25) is 0 Å². The zero-order valence-corrected chi connectivity index (χ0v) is 14.9. The number of nitrogens with zero attached hydrogens (tertiary/aromatic N) is 1. The van der Waals surface area contributed by atoms with Gasteiger partial charge in [0.25, 0.3) is 0 Å². The number of halogens is 1. The lowest BCUT2D eigenvalue weighted by molar-refractivity contribution is -0.123.